The fourth-order valence-corrected chi connectivity index (χ4v) is 2.02. The Morgan fingerprint density at radius 1 is 1.36 bits per heavy atom. The molecule has 0 aliphatic heterocycles. The van der Waals surface area contributed by atoms with E-state index in [1.165, 1.54) is 25.7 Å². The van der Waals surface area contributed by atoms with Crippen molar-refractivity contribution in [3.63, 3.8) is 0 Å². The van der Waals surface area contributed by atoms with Gasteiger partial charge in [-0.15, -0.1) is 0 Å². The molecule has 0 saturated heterocycles. The predicted molar refractivity (Wildman–Crippen MR) is 52.7 cm³/mol. The summed E-state index contributed by atoms with van der Waals surface area (Å²) in [4.78, 5) is 0. The molecule has 1 N–H and O–H groups in total. The van der Waals surface area contributed by atoms with Crippen LogP contribution >= 0.6 is 0 Å². The van der Waals surface area contributed by atoms with Crippen LogP contribution in [0, 0.1) is 12.8 Å². The number of rotatable bonds is 4. The third kappa shape index (κ3) is 2.32. The molecule has 1 saturated carbocycles. The third-order valence-corrected chi connectivity index (χ3v) is 2.95. The molecule has 1 aromatic heterocycles. The standard InChI is InChI=1S/C10H17N3O/c1-8-10(13-14-12-8)7-11-6-9-4-2-3-5-9/h9,11H,2-7H2,1H3. The van der Waals surface area contributed by atoms with Gasteiger partial charge in [0, 0.05) is 6.54 Å². The van der Waals surface area contributed by atoms with Gasteiger partial charge in [0.25, 0.3) is 0 Å². The first-order valence-electron chi connectivity index (χ1n) is 5.35. The summed E-state index contributed by atoms with van der Waals surface area (Å²) >= 11 is 0. The largest absolute Gasteiger partial charge is 0.311 e. The van der Waals surface area contributed by atoms with E-state index in [1.54, 1.807) is 0 Å². The fourth-order valence-electron chi connectivity index (χ4n) is 2.02. The number of aromatic nitrogens is 2. The lowest BCUT2D eigenvalue weighted by Gasteiger charge is -2.08. The number of hydrogen-bond donors (Lipinski definition) is 1. The van der Waals surface area contributed by atoms with Crippen molar-refractivity contribution in [2.75, 3.05) is 6.54 Å². The van der Waals surface area contributed by atoms with Crippen molar-refractivity contribution in [1.82, 2.24) is 15.6 Å². The van der Waals surface area contributed by atoms with Crippen molar-refractivity contribution >= 4 is 0 Å². The van der Waals surface area contributed by atoms with Gasteiger partial charge in [0.1, 0.15) is 11.4 Å². The van der Waals surface area contributed by atoms with Crippen LogP contribution < -0.4 is 5.32 Å². The molecular weight excluding hydrogens is 178 g/mol. The topological polar surface area (TPSA) is 51.0 Å². The van der Waals surface area contributed by atoms with Gasteiger partial charge in [0.05, 0.1) is 0 Å². The summed E-state index contributed by atoms with van der Waals surface area (Å²) in [7, 11) is 0. The first kappa shape index (κ1) is 9.65. The van der Waals surface area contributed by atoms with Gasteiger partial charge in [-0.2, -0.15) is 0 Å². The van der Waals surface area contributed by atoms with Crippen LogP contribution in [0.2, 0.25) is 0 Å². The van der Waals surface area contributed by atoms with Crippen molar-refractivity contribution in [2.24, 2.45) is 5.92 Å². The highest BCUT2D eigenvalue weighted by atomic mass is 16.6. The first-order valence-corrected chi connectivity index (χ1v) is 5.35. The van der Waals surface area contributed by atoms with E-state index < -0.39 is 0 Å². The van der Waals surface area contributed by atoms with Gasteiger partial charge in [-0.05, 0) is 32.2 Å². The van der Waals surface area contributed by atoms with Crippen LogP contribution in [-0.4, -0.2) is 16.9 Å². The zero-order valence-electron chi connectivity index (χ0n) is 8.62. The summed E-state index contributed by atoms with van der Waals surface area (Å²) < 4.78 is 4.63. The molecule has 0 aromatic carbocycles. The highest BCUT2D eigenvalue weighted by Gasteiger charge is 2.14. The zero-order valence-corrected chi connectivity index (χ0v) is 8.62. The molecule has 0 unspecified atom stereocenters. The molecule has 0 amide bonds. The van der Waals surface area contributed by atoms with E-state index in [0.29, 0.717) is 0 Å². The van der Waals surface area contributed by atoms with E-state index in [9.17, 15) is 0 Å². The van der Waals surface area contributed by atoms with Crippen LogP contribution in [0.4, 0.5) is 0 Å². The fraction of sp³-hybridized carbons (Fsp3) is 0.800. The van der Waals surface area contributed by atoms with Crippen molar-refractivity contribution in [3.05, 3.63) is 11.4 Å². The molecule has 1 fully saturated rings. The highest BCUT2D eigenvalue weighted by molar-refractivity contribution is 5.03. The average Bonchev–Trinajstić information content (AvgIpc) is 2.78. The van der Waals surface area contributed by atoms with Gasteiger partial charge in [-0.25, -0.2) is 4.63 Å². The monoisotopic (exact) mass is 195 g/mol. The van der Waals surface area contributed by atoms with Crippen LogP contribution in [0.3, 0.4) is 0 Å². The van der Waals surface area contributed by atoms with Gasteiger partial charge in [0.2, 0.25) is 0 Å². The molecule has 0 spiro atoms. The van der Waals surface area contributed by atoms with Crippen LogP contribution in [-0.2, 0) is 6.54 Å². The van der Waals surface area contributed by atoms with Crippen LogP contribution in [0.15, 0.2) is 4.63 Å². The zero-order chi connectivity index (χ0) is 9.80. The lowest BCUT2D eigenvalue weighted by Crippen LogP contribution is -2.21. The third-order valence-electron chi connectivity index (χ3n) is 2.95. The van der Waals surface area contributed by atoms with Crippen LogP contribution in [0.1, 0.15) is 37.1 Å². The highest BCUT2D eigenvalue weighted by Crippen LogP contribution is 2.23. The molecule has 0 atom stereocenters. The Hall–Kier alpha value is -0.900. The van der Waals surface area contributed by atoms with Gasteiger partial charge in [-0.3, -0.25) is 0 Å². The van der Waals surface area contributed by atoms with Crippen molar-refractivity contribution in [3.8, 4) is 0 Å². The van der Waals surface area contributed by atoms with E-state index in [0.717, 1.165) is 30.4 Å². The SMILES string of the molecule is Cc1nonc1CNCC1CCCC1. The molecule has 1 heterocycles. The normalized spacial score (nSPS) is 17.8. The summed E-state index contributed by atoms with van der Waals surface area (Å²) in [6, 6.07) is 0. The van der Waals surface area contributed by atoms with E-state index in [4.69, 9.17) is 0 Å². The molecule has 78 valence electrons. The molecule has 0 bridgehead atoms. The Bertz CT molecular complexity index is 279. The maximum absolute atomic E-state index is 4.63. The number of nitrogens with one attached hydrogen (secondary N) is 1. The minimum Gasteiger partial charge on any atom is -0.311 e. The molecular formula is C10H17N3O. The smallest absolute Gasteiger partial charge is 0.121 e. The van der Waals surface area contributed by atoms with E-state index >= 15 is 0 Å². The second kappa shape index (κ2) is 4.55. The minimum absolute atomic E-state index is 0.784. The maximum Gasteiger partial charge on any atom is 0.121 e. The summed E-state index contributed by atoms with van der Waals surface area (Å²) in [6.07, 6.45) is 5.56. The van der Waals surface area contributed by atoms with Gasteiger partial charge in [0.15, 0.2) is 0 Å². The number of hydrogen-bond acceptors (Lipinski definition) is 4. The van der Waals surface area contributed by atoms with Crippen molar-refractivity contribution in [1.29, 1.82) is 0 Å². The first-order chi connectivity index (χ1) is 6.86. The Labute approximate surface area is 84.0 Å². The lowest BCUT2D eigenvalue weighted by molar-refractivity contribution is 0.300. The van der Waals surface area contributed by atoms with Crippen molar-refractivity contribution in [2.45, 2.75) is 39.2 Å². The molecule has 2 rings (SSSR count). The van der Waals surface area contributed by atoms with Gasteiger partial charge < -0.3 is 5.32 Å². The van der Waals surface area contributed by atoms with E-state index in [1.807, 2.05) is 6.92 Å². The molecule has 1 aromatic rings. The summed E-state index contributed by atoms with van der Waals surface area (Å²) in [5.41, 5.74) is 1.83. The maximum atomic E-state index is 4.63. The van der Waals surface area contributed by atoms with Crippen LogP contribution in [0.5, 0.6) is 0 Å². The minimum atomic E-state index is 0.784. The summed E-state index contributed by atoms with van der Waals surface area (Å²) in [5, 5.41) is 11.0. The Morgan fingerprint density at radius 3 is 2.79 bits per heavy atom. The average molecular weight is 195 g/mol. The second-order valence-electron chi connectivity index (χ2n) is 4.08. The number of aryl methyl sites for hydroxylation is 1. The second-order valence-corrected chi connectivity index (χ2v) is 4.08. The van der Waals surface area contributed by atoms with Gasteiger partial charge in [-0.1, -0.05) is 23.2 Å². The Kier molecular flexibility index (Phi) is 3.14. The van der Waals surface area contributed by atoms with Gasteiger partial charge >= 0.3 is 0 Å². The Balaban J connectivity index is 1.70. The number of nitrogens with zero attached hydrogens (tertiary/aromatic N) is 2. The Morgan fingerprint density at radius 2 is 2.14 bits per heavy atom. The van der Waals surface area contributed by atoms with Crippen molar-refractivity contribution < 1.29 is 4.63 Å². The van der Waals surface area contributed by atoms with E-state index in [2.05, 4.69) is 20.3 Å². The molecule has 4 heteroatoms. The van der Waals surface area contributed by atoms with Crippen LogP contribution in [0.25, 0.3) is 0 Å². The quantitative estimate of drug-likeness (QED) is 0.793. The lowest BCUT2D eigenvalue weighted by atomic mass is 10.1. The molecule has 4 nitrogen and oxygen atoms in total. The molecule has 1 aliphatic carbocycles. The molecule has 1 aliphatic rings. The summed E-state index contributed by atoms with van der Waals surface area (Å²) in [6.45, 7) is 3.81. The van der Waals surface area contributed by atoms with E-state index in [-0.39, 0.29) is 0 Å². The molecule has 0 radical (unpaired) electrons. The summed E-state index contributed by atoms with van der Waals surface area (Å²) in [5.74, 6) is 0.871. The predicted octanol–water partition coefficient (Wildman–Crippen LogP) is 1.66. The molecule has 14 heavy (non-hydrogen) atoms.